The summed E-state index contributed by atoms with van der Waals surface area (Å²) in [6, 6.07) is 23.3. The van der Waals surface area contributed by atoms with Gasteiger partial charge in [0.25, 0.3) is 5.91 Å². The van der Waals surface area contributed by atoms with Crippen LogP contribution in [0.25, 0.3) is 23.0 Å². The lowest BCUT2D eigenvalue weighted by Crippen LogP contribution is -2.14. The van der Waals surface area contributed by atoms with E-state index >= 15 is 0 Å². The Morgan fingerprint density at radius 3 is 2.31 bits per heavy atom. The third kappa shape index (κ3) is 5.42. The van der Waals surface area contributed by atoms with Gasteiger partial charge in [0.05, 0.1) is 22.0 Å². The Labute approximate surface area is 203 Å². The average molecular weight is 493 g/mol. The highest BCUT2D eigenvalue weighted by Gasteiger charge is 2.33. The predicted molar refractivity (Wildman–Crippen MR) is 128 cm³/mol. The molecule has 4 rings (SSSR count). The van der Waals surface area contributed by atoms with Crippen LogP contribution < -0.4 is 5.32 Å². The van der Waals surface area contributed by atoms with Gasteiger partial charge in [-0.05, 0) is 36.4 Å². The minimum atomic E-state index is -4.69. The molecule has 0 fully saturated rings. The Hall–Kier alpha value is -4.35. The molecule has 1 amide bonds. The van der Waals surface area contributed by atoms with Crippen LogP contribution in [0.5, 0.6) is 0 Å². The number of nitrogens with zero attached hydrogens (tertiary/aromatic N) is 3. The summed E-state index contributed by atoms with van der Waals surface area (Å²) >= 11 is 5.64. The molecule has 0 aliphatic carbocycles. The van der Waals surface area contributed by atoms with Gasteiger partial charge in [-0.2, -0.15) is 23.5 Å². The number of nitrogens with one attached hydrogen (secondary N) is 1. The molecule has 0 saturated carbocycles. The number of amides is 1. The zero-order valence-corrected chi connectivity index (χ0v) is 18.7. The van der Waals surface area contributed by atoms with E-state index in [1.54, 1.807) is 10.9 Å². The molecule has 0 saturated heterocycles. The Kier molecular flexibility index (Phi) is 6.71. The fourth-order valence-electron chi connectivity index (χ4n) is 3.35. The van der Waals surface area contributed by atoms with E-state index in [1.165, 1.54) is 12.1 Å². The molecule has 4 aromatic rings. The van der Waals surface area contributed by atoms with E-state index in [9.17, 15) is 23.2 Å². The summed E-state index contributed by atoms with van der Waals surface area (Å²) in [7, 11) is 0. The number of rotatable bonds is 5. The molecule has 0 bridgehead atoms. The molecule has 0 aliphatic heterocycles. The van der Waals surface area contributed by atoms with E-state index in [0.29, 0.717) is 11.3 Å². The summed E-state index contributed by atoms with van der Waals surface area (Å²) in [4.78, 5) is 12.8. The van der Waals surface area contributed by atoms with Gasteiger partial charge >= 0.3 is 6.18 Å². The number of hydrogen-bond donors (Lipinski definition) is 1. The summed E-state index contributed by atoms with van der Waals surface area (Å²) in [5.41, 5.74) is 1.01. The number of benzene rings is 3. The maximum Gasteiger partial charge on any atom is 0.417 e. The molecule has 0 aliphatic rings. The van der Waals surface area contributed by atoms with E-state index in [1.807, 2.05) is 66.7 Å². The van der Waals surface area contributed by atoms with Gasteiger partial charge in [-0.15, -0.1) is 0 Å². The molecule has 0 atom stereocenters. The van der Waals surface area contributed by atoms with E-state index in [2.05, 4.69) is 10.4 Å². The number of anilines is 1. The molecule has 174 valence electrons. The molecule has 3 aromatic carbocycles. The van der Waals surface area contributed by atoms with Crippen molar-refractivity contribution in [1.82, 2.24) is 9.78 Å². The molecule has 9 heteroatoms. The second-order valence-electron chi connectivity index (χ2n) is 7.40. The first kappa shape index (κ1) is 23.8. The van der Waals surface area contributed by atoms with Crippen molar-refractivity contribution in [2.45, 2.75) is 6.18 Å². The number of carbonyl (C=O) groups is 1. The van der Waals surface area contributed by atoms with Crippen LogP contribution >= 0.6 is 11.6 Å². The molecule has 1 heterocycles. The zero-order chi connectivity index (χ0) is 25.0. The number of hydrogen-bond acceptors (Lipinski definition) is 3. The number of nitriles is 1. The second-order valence-corrected chi connectivity index (χ2v) is 7.80. The second kappa shape index (κ2) is 9.87. The smallest absolute Gasteiger partial charge is 0.321 e. The molecule has 35 heavy (non-hydrogen) atoms. The molecule has 5 nitrogen and oxygen atoms in total. The van der Waals surface area contributed by atoms with Crippen LogP contribution in [0.15, 0.2) is 90.6 Å². The maximum atomic E-state index is 13.2. The van der Waals surface area contributed by atoms with Gasteiger partial charge in [0.2, 0.25) is 0 Å². The summed E-state index contributed by atoms with van der Waals surface area (Å²) in [5, 5.41) is 16.1. The standard InChI is InChI=1S/C26H16ClF3N4O/c27-23-12-11-20(14-22(23)26(28,29)30)32-25(35)18(15-31)13-19-16-34(21-9-5-2-6-10-21)33-24(19)17-7-3-1-4-8-17/h1-14,16H,(H,32,35). The molecule has 0 unspecified atom stereocenters. The quantitative estimate of drug-likeness (QED) is 0.247. The number of aromatic nitrogens is 2. The Morgan fingerprint density at radius 2 is 1.69 bits per heavy atom. The number of carbonyl (C=O) groups excluding carboxylic acids is 1. The van der Waals surface area contributed by atoms with Crippen LogP contribution in [-0.4, -0.2) is 15.7 Å². The number of alkyl halides is 3. The van der Waals surface area contributed by atoms with E-state index in [4.69, 9.17) is 11.6 Å². The van der Waals surface area contributed by atoms with E-state index < -0.39 is 22.7 Å². The molecular weight excluding hydrogens is 477 g/mol. The molecular formula is C26H16ClF3N4O. The topological polar surface area (TPSA) is 70.7 Å². The van der Waals surface area contributed by atoms with Crippen LogP contribution in [0, 0.1) is 11.3 Å². The van der Waals surface area contributed by atoms with Gasteiger partial charge in [-0.1, -0.05) is 60.1 Å². The highest BCUT2D eigenvalue weighted by atomic mass is 35.5. The van der Waals surface area contributed by atoms with Gasteiger partial charge in [0.15, 0.2) is 0 Å². The normalized spacial score (nSPS) is 11.7. The monoisotopic (exact) mass is 492 g/mol. The lowest BCUT2D eigenvalue weighted by atomic mass is 10.1. The lowest BCUT2D eigenvalue weighted by Gasteiger charge is -2.11. The Bertz CT molecular complexity index is 1440. The van der Waals surface area contributed by atoms with Crippen LogP contribution in [0.1, 0.15) is 11.1 Å². The Morgan fingerprint density at radius 1 is 1.03 bits per heavy atom. The van der Waals surface area contributed by atoms with E-state index in [0.717, 1.165) is 23.4 Å². The van der Waals surface area contributed by atoms with Gasteiger partial charge in [-0.25, -0.2) is 4.68 Å². The number of halogens is 4. The Balaban J connectivity index is 1.71. The van der Waals surface area contributed by atoms with Crippen molar-refractivity contribution < 1.29 is 18.0 Å². The van der Waals surface area contributed by atoms with Crippen molar-refractivity contribution in [2.75, 3.05) is 5.32 Å². The van der Waals surface area contributed by atoms with Crippen molar-refractivity contribution >= 4 is 29.3 Å². The van der Waals surface area contributed by atoms with Crippen molar-refractivity contribution in [3.05, 3.63) is 107 Å². The van der Waals surface area contributed by atoms with Crippen LogP contribution in [0.3, 0.4) is 0 Å². The van der Waals surface area contributed by atoms with Crippen molar-refractivity contribution in [3.8, 4) is 23.0 Å². The first-order valence-corrected chi connectivity index (χ1v) is 10.6. The predicted octanol–water partition coefficient (Wildman–Crippen LogP) is 6.76. The van der Waals surface area contributed by atoms with Gasteiger partial charge in [0.1, 0.15) is 11.6 Å². The van der Waals surface area contributed by atoms with Gasteiger partial charge in [0, 0.05) is 23.0 Å². The molecule has 0 radical (unpaired) electrons. The third-order valence-electron chi connectivity index (χ3n) is 5.01. The van der Waals surface area contributed by atoms with Crippen LogP contribution in [-0.2, 0) is 11.0 Å². The van der Waals surface area contributed by atoms with Crippen molar-refractivity contribution in [1.29, 1.82) is 5.26 Å². The summed E-state index contributed by atoms with van der Waals surface area (Å²) in [5.74, 6) is -0.866. The van der Waals surface area contributed by atoms with Gasteiger partial charge in [-0.3, -0.25) is 4.79 Å². The molecule has 1 N–H and O–H groups in total. The minimum absolute atomic E-state index is 0.142. The molecule has 0 spiro atoms. The highest BCUT2D eigenvalue weighted by molar-refractivity contribution is 6.31. The maximum absolute atomic E-state index is 13.2. The average Bonchev–Trinajstić information content (AvgIpc) is 3.28. The lowest BCUT2D eigenvalue weighted by molar-refractivity contribution is -0.137. The van der Waals surface area contributed by atoms with Crippen LogP contribution in [0.2, 0.25) is 5.02 Å². The first-order chi connectivity index (χ1) is 16.8. The summed E-state index contributed by atoms with van der Waals surface area (Å²) in [6.45, 7) is 0. The van der Waals surface area contributed by atoms with E-state index in [-0.39, 0.29) is 11.3 Å². The first-order valence-electron chi connectivity index (χ1n) is 10.3. The summed E-state index contributed by atoms with van der Waals surface area (Å²) < 4.78 is 41.1. The largest absolute Gasteiger partial charge is 0.417 e. The molecule has 1 aromatic heterocycles. The number of para-hydroxylation sites is 1. The zero-order valence-electron chi connectivity index (χ0n) is 17.9. The van der Waals surface area contributed by atoms with Crippen molar-refractivity contribution in [2.24, 2.45) is 0 Å². The highest BCUT2D eigenvalue weighted by Crippen LogP contribution is 2.36. The van der Waals surface area contributed by atoms with Crippen LogP contribution in [0.4, 0.5) is 18.9 Å². The minimum Gasteiger partial charge on any atom is -0.321 e. The third-order valence-corrected chi connectivity index (χ3v) is 5.33. The van der Waals surface area contributed by atoms with Gasteiger partial charge < -0.3 is 5.32 Å². The SMILES string of the molecule is N#CC(=Cc1cn(-c2ccccc2)nc1-c1ccccc1)C(=O)Nc1ccc(Cl)c(C(F)(F)F)c1. The van der Waals surface area contributed by atoms with Crippen molar-refractivity contribution in [3.63, 3.8) is 0 Å². The fraction of sp³-hybridized carbons (Fsp3) is 0.0385. The fourth-order valence-corrected chi connectivity index (χ4v) is 3.57. The summed E-state index contributed by atoms with van der Waals surface area (Å²) in [6.07, 6.45) is -1.67.